The molecule has 0 aliphatic heterocycles. The molecule has 9 nitrogen and oxygen atoms in total. The van der Waals surface area contributed by atoms with E-state index in [4.69, 9.17) is 4.74 Å². The molecule has 34 heavy (non-hydrogen) atoms. The Bertz CT molecular complexity index is 1510. The summed E-state index contributed by atoms with van der Waals surface area (Å²) in [6.45, 7) is 0.0777. The van der Waals surface area contributed by atoms with Crippen molar-refractivity contribution in [3.8, 4) is 5.75 Å². The van der Waals surface area contributed by atoms with Gasteiger partial charge in [0.2, 0.25) is 0 Å². The molecule has 0 bridgehead atoms. The summed E-state index contributed by atoms with van der Waals surface area (Å²) >= 11 is 0. The van der Waals surface area contributed by atoms with Crippen LogP contribution in [0.3, 0.4) is 0 Å². The van der Waals surface area contributed by atoms with Gasteiger partial charge in [0.25, 0.3) is 21.5 Å². The van der Waals surface area contributed by atoms with E-state index in [0.29, 0.717) is 33.7 Å². The standard InChI is InChI=1S/C24H22N4O5S/c1-28(15-22-25-19-8-4-3-7-18(19)23(29)26-22)24(30)16-11-13-17(14-12-16)34(31,32)27-20-9-5-6-10-21(20)33-2/h3-14,27H,15H2,1-2H3,(H,25,26,29). The number of hydrogen-bond donors (Lipinski definition) is 2. The maximum Gasteiger partial charge on any atom is 0.262 e. The van der Waals surface area contributed by atoms with Crippen LogP contribution in [0.2, 0.25) is 0 Å². The fourth-order valence-corrected chi connectivity index (χ4v) is 4.51. The van der Waals surface area contributed by atoms with Gasteiger partial charge in [-0.3, -0.25) is 14.3 Å². The molecule has 1 heterocycles. The Morgan fingerprint density at radius 3 is 2.44 bits per heavy atom. The van der Waals surface area contributed by atoms with Crippen LogP contribution in [0.4, 0.5) is 5.69 Å². The minimum absolute atomic E-state index is 0.00173. The zero-order chi connectivity index (χ0) is 24.3. The van der Waals surface area contributed by atoms with Gasteiger partial charge in [-0.15, -0.1) is 0 Å². The molecule has 1 aromatic heterocycles. The van der Waals surface area contributed by atoms with E-state index in [9.17, 15) is 18.0 Å². The molecule has 2 N–H and O–H groups in total. The Morgan fingerprint density at radius 2 is 1.71 bits per heavy atom. The number of fused-ring (bicyclic) bond motifs is 1. The van der Waals surface area contributed by atoms with Crippen molar-refractivity contribution in [3.63, 3.8) is 0 Å². The number of nitrogens with one attached hydrogen (secondary N) is 2. The van der Waals surface area contributed by atoms with E-state index in [-0.39, 0.29) is 22.9 Å². The van der Waals surface area contributed by atoms with Crippen LogP contribution in [0.1, 0.15) is 16.2 Å². The van der Waals surface area contributed by atoms with Crippen LogP contribution in [-0.2, 0) is 16.6 Å². The largest absolute Gasteiger partial charge is 0.495 e. The van der Waals surface area contributed by atoms with Crippen LogP contribution in [0, 0.1) is 0 Å². The molecule has 0 fully saturated rings. The van der Waals surface area contributed by atoms with Crippen molar-refractivity contribution in [2.75, 3.05) is 18.9 Å². The number of para-hydroxylation sites is 3. The van der Waals surface area contributed by atoms with Crippen molar-refractivity contribution in [2.24, 2.45) is 0 Å². The molecule has 174 valence electrons. The Balaban J connectivity index is 1.50. The quantitative estimate of drug-likeness (QED) is 0.421. The highest BCUT2D eigenvalue weighted by atomic mass is 32.2. The van der Waals surface area contributed by atoms with E-state index in [0.717, 1.165) is 0 Å². The van der Waals surface area contributed by atoms with E-state index < -0.39 is 10.0 Å². The first kappa shape index (κ1) is 23.0. The van der Waals surface area contributed by atoms with Crippen molar-refractivity contribution < 1.29 is 17.9 Å². The number of anilines is 1. The average Bonchev–Trinajstić information content (AvgIpc) is 2.84. The van der Waals surface area contributed by atoms with Crippen molar-refractivity contribution in [2.45, 2.75) is 11.4 Å². The number of rotatable bonds is 7. The predicted octanol–water partition coefficient (Wildman–Crippen LogP) is 3.00. The molecule has 0 saturated heterocycles. The van der Waals surface area contributed by atoms with Gasteiger partial charge in [-0.05, 0) is 48.5 Å². The molecular formula is C24H22N4O5S. The number of aromatic nitrogens is 2. The number of ether oxygens (including phenoxy) is 1. The third-order valence-corrected chi connectivity index (χ3v) is 6.54. The number of methoxy groups -OCH3 is 1. The lowest BCUT2D eigenvalue weighted by Gasteiger charge is -2.17. The number of aromatic amines is 1. The second kappa shape index (κ2) is 9.36. The molecule has 0 radical (unpaired) electrons. The number of H-pyrrole nitrogens is 1. The lowest BCUT2D eigenvalue weighted by Crippen LogP contribution is -2.28. The van der Waals surface area contributed by atoms with Gasteiger partial charge in [0.15, 0.2) is 0 Å². The Labute approximate surface area is 196 Å². The molecule has 0 spiro atoms. The first-order valence-electron chi connectivity index (χ1n) is 10.3. The molecule has 3 aromatic carbocycles. The lowest BCUT2D eigenvalue weighted by molar-refractivity contribution is 0.0781. The summed E-state index contributed by atoms with van der Waals surface area (Å²) in [7, 11) is -0.861. The summed E-state index contributed by atoms with van der Waals surface area (Å²) in [5, 5.41) is 0.471. The molecule has 0 unspecified atom stereocenters. The first-order chi connectivity index (χ1) is 16.3. The van der Waals surface area contributed by atoms with E-state index in [1.54, 1.807) is 55.6 Å². The summed E-state index contributed by atoms with van der Waals surface area (Å²) in [6.07, 6.45) is 0. The Kier molecular flexibility index (Phi) is 6.33. The van der Waals surface area contributed by atoms with E-state index in [2.05, 4.69) is 14.7 Å². The minimum Gasteiger partial charge on any atom is -0.495 e. The SMILES string of the molecule is COc1ccccc1NS(=O)(=O)c1ccc(C(=O)N(C)Cc2nc3ccccc3c(=O)[nH]2)cc1. The van der Waals surface area contributed by atoms with E-state index >= 15 is 0 Å². The second-order valence-corrected chi connectivity index (χ2v) is 9.20. The first-order valence-corrected chi connectivity index (χ1v) is 11.8. The van der Waals surface area contributed by atoms with Gasteiger partial charge in [-0.1, -0.05) is 24.3 Å². The third-order valence-electron chi connectivity index (χ3n) is 5.16. The van der Waals surface area contributed by atoms with Gasteiger partial charge in [-0.25, -0.2) is 13.4 Å². The topological polar surface area (TPSA) is 121 Å². The summed E-state index contributed by atoms with van der Waals surface area (Å²) in [6, 6.07) is 19.2. The maximum absolute atomic E-state index is 12.9. The van der Waals surface area contributed by atoms with Crippen LogP contribution in [0.15, 0.2) is 82.5 Å². The van der Waals surface area contributed by atoms with Crippen LogP contribution in [-0.4, -0.2) is 43.4 Å². The lowest BCUT2D eigenvalue weighted by atomic mass is 10.2. The number of carbonyl (C=O) groups excluding carboxylic acids is 1. The molecule has 4 aromatic rings. The number of benzene rings is 3. The highest BCUT2D eigenvalue weighted by molar-refractivity contribution is 7.92. The highest BCUT2D eigenvalue weighted by Crippen LogP contribution is 2.26. The van der Waals surface area contributed by atoms with E-state index in [1.165, 1.54) is 36.3 Å². The van der Waals surface area contributed by atoms with Crippen LogP contribution in [0.25, 0.3) is 10.9 Å². The van der Waals surface area contributed by atoms with Crippen LogP contribution in [0.5, 0.6) is 5.75 Å². The van der Waals surface area contributed by atoms with Gasteiger partial charge < -0.3 is 14.6 Å². The summed E-state index contributed by atoms with van der Waals surface area (Å²) in [5.74, 6) is 0.386. The number of hydrogen-bond acceptors (Lipinski definition) is 6. The summed E-state index contributed by atoms with van der Waals surface area (Å²) in [4.78, 5) is 33.6. The average molecular weight is 479 g/mol. The fraction of sp³-hybridized carbons (Fsp3) is 0.125. The number of carbonyl (C=O) groups is 1. The van der Waals surface area contributed by atoms with Crippen molar-refractivity contribution >= 4 is 32.5 Å². The molecular weight excluding hydrogens is 456 g/mol. The molecule has 10 heteroatoms. The van der Waals surface area contributed by atoms with Crippen LogP contribution >= 0.6 is 0 Å². The third kappa shape index (κ3) is 4.76. The maximum atomic E-state index is 12.9. The minimum atomic E-state index is -3.89. The summed E-state index contributed by atoms with van der Waals surface area (Å²) in [5.41, 5.74) is 0.862. The Hall–Kier alpha value is -4.18. The number of amides is 1. The second-order valence-electron chi connectivity index (χ2n) is 7.52. The zero-order valence-corrected chi connectivity index (χ0v) is 19.3. The predicted molar refractivity (Wildman–Crippen MR) is 128 cm³/mol. The van der Waals surface area contributed by atoms with Crippen molar-refractivity contribution in [1.29, 1.82) is 0 Å². The van der Waals surface area contributed by atoms with Crippen LogP contribution < -0.4 is 15.0 Å². The Morgan fingerprint density at radius 1 is 1.03 bits per heavy atom. The molecule has 4 rings (SSSR count). The van der Waals surface area contributed by atoms with E-state index in [1.807, 2.05) is 0 Å². The highest BCUT2D eigenvalue weighted by Gasteiger charge is 2.19. The zero-order valence-electron chi connectivity index (χ0n) is 18.5. The molecule has 0 atom stereocenters. The van der Waals surface area contributed by atoms with Crippen molar-refractivity contribution in [1.82, 2.24) is 14.9 Å². The molecule has 0 saturated carbocycles. The smallest absolute Gasteiger partial charge is 0.262 e. The van der Waals surface area contributed by atoms with Crippen molar-refractivity contribution in [3.05, 3.63) is 94.5 Å². The normalized spacial score (nSPS) is 11.2. The number of sulfonamides is 1. The van der Waals surface area contributed by atoms with Gasteiger partial charge in [0.05, 0.1) is 35.1 Å². The molecule has 0 aliphatic carbocycles. The number of nitrogens with zero attached hydrogens (tertiary/aromatic N) is 2. The van der Waals surface area contributed by atoms with Gasteiger partial charge in [0, 0.05) is 12.6 Å². The van der Waals surface area contributed by atoms with Gasteiger partial charge in [0.1, 0.15) is 11.6 Å². The fourth-order valence-electron chi connectivity index (χ4n) is 3.44. The monoisotopic (exact) mass is 478 g/mol. The molecule has 0 aliphatic rings. The summed E-state index contributed by atoms with van der Waals surface area (Å²) < 4.78 is 33.2. The van der Waals surface area contributed by atoms with Gasteiger partial charge >= 0.3 is 0 Å². The molecule has 1 amide bonds. The van der Waals surface area contributed by atoms with Gasteiger partial charge in [-0.2, -0.15) is 0 Å².